The van der Waals surface area contributed by atoms with Crippen LogP contribution in [-0.4, -0.2) is 6.29 Å². The van der Waals surface area contributed by atoms with Crippen molar-refractivity contribution in [1.82, 2.24) is 0 Å². The summed E-state index contributed by atoms with van der Waals surface area (Å²) in [4.78, 5) is 10.3. The fourth-order valence-corrected chi connectivity index (χ4v) is 2.80. The van der Waals surface area contributed by atoms with Gasteiger partial charge in [-0.3, -0.25) is 4.79 Å². The first-order chi connectivity index (χ1) is 10.3. The molecule has 0 saturated carbocycles. The second-order valence-corrected chi connectivity index (χ2v) is 6.68. The largest absolute Gasteiger partial charge is 0.299 e. The average molecular weight is 302 g/mol. The third-order valence-electron chi connectivity index (χ3n) is 4.24. The molecule has 0 aromatic heterocycles. The van der Waals surface area contributed by atoms with Gasteiger partial charge in [0, 0.05) is 0 Å². The van der Waals surface area contributed by atoms with Crippen LogP contribution in [0.15, 0.2) is 58.5 Å². The molecule has 0 fully saturated rings. The molecule has 0 aromatic carbocycles. The number of allylic oxidation sites excluding steroid dienone is 10. The highest BCUT2D eigenvalue weighted by Gasteiger charge is 2.26. The van der Waals surface area contributed by atoms with Crippen molar-refractivity contribution in [2.24, 2.45) is 5.41 Å². The maximum atomic E-state index is 13.7. The molecule has 0 amide bonds. The maximum Gasteiger partial charge on any atom is 0.143 e. The minimum Gasteiger partial charge on any atom is -0.299 e. The van der Waals surface area contributed by atoms with Crippen LogP contribution in [0.4, 0.5) is 4.39 Å². The monoisotopic (exact) mass is 302 g/mol. The van der Waals surface area contributed by atoms with Gasteiger partial charge in [-0.05, 0) is 68.7 Å². The van der Waals surface area contributed by atoms with Gasteiger partial charge in [-0.2, -0.15) is 0 Å². The van der Waals surface area contributed by atoms with Gasteiger partial charge in [-0.25, -0.2) is 4.39 Å². The first-order valence-corrected chi connectivity index (χ1v) is 7.83. The molecule has 0 spiro atoms. The summed E-state index contributed by atoms with van der Waals surface area (Å²) in [6.45, 7) is 10.3. The van der Waals surface area contributed by atoms with E-state index < -0.39 is 0 Å². The molecular weight excluding hydrogens is 275 g/mol. The molecule has 1 nitrogen and oxygen atoms in total. The van der Waals surface area contributed by atoms with Crippen molar-refractivity contribution in [3.05, 3.63) is 58.5 Å². The van der Waals surface area contributed by atoms with Crippen molar-refractivity contribution in [3.63, 3.8) is 0 Å². The smallest absolute Gasteiger partial charge is 0.143 e. The van der Waals surface area contributed by atoms with Gasteiger partial charge in [0.1, 0.15) is 12.1 Å². The van der Waals surface area contributed by atoms with Gasteiger partial charge in [-0.15, -0.1) is 0 Å². The number of hydrogen-bond acceptors (Lipinski definition) is 1. The first-order valence-electron chi connectivity index (χ1n) is 7.83. The van der Waals surface area contributed by atoms with Crippen molar-refractivity contribution in [1.29, 1.82) is 0 Å². The summed E-state index contributed by atoms with van der Waals surface area (Å²) >= 11 is 0. The molecule has 120 valence electrons. The molecule has 0 atom stereocenters. The number of rotatable bonds is 5. The maximum absolute atomic E-state index is 13.7. The van der Waals surface area contributed by atoms with Gasteiger partial charge in [0.25, 0.3) is 0 Å². The summed E-state index contributed by atoms with van der Waals surface area (Å²) in [6.07, 6.45) is 12.8. The van der Waals surface area contributed by atoms with Crippen LogP contribution in [-0.2, 0) is 4.79 Å². The van der Waals surface area contributed by atoms with Crippen LogP contribution in [0.1, 0.15) is 53.9 Å². The Morgan fingerprint density at radius 1 is 1.18 bits per heavy atom. The van der Waals surface area contributed by atoms with Gasteiger partial charge in [0.15, 0.2) is 0 Å². The predicted octanol–water partition coefficient (Wildman–Crippen LogP) is 6.01. The SMILES string of the molecule is CC1=C(/C=C/C(C)=C/C=C(F)/C(C)=C/C=O)C(C)(C)CCC1. The molecule has 22 heavy (non-hydrogen) atoms. The van der Waals surface area contributed by atoms with Gasteiger partial charge >= 0.3 is 0 Å². The van der Waals surface area contributed by atoms with E-state index in [0.29, 0.717) is 11.9 Å². The molecule has 0 aromatic rings. The second-order valence-electron chi connectivity index (χ2n) is 6.68. The summed E-state index contributed by atoms with van der Waals surface area (Å²) in [5.74, 6) is -0.381. The summed E-state index contributed by atoms with van der Waals surface area (Å²) in [6, 6.07) is 0. The van der Waals surface area contributed by atoms with Crippen molar-refractivity contribution < 1.29 is 9.18 Å². The lowest BCUT2D eigenvalue weighted by Gasteiger charge is -2.32. The molecule has 0 heterocycles. The van der Waals surface area contributed by atoms with Crippen LogP contribution in [0.3, 0.4) is 0 Å². The number of aldehydes is 1. The number of carbonyl (C=O) groups is 1. The topological polar surface area (TPSA) is 17.1 Å². The van der Waals surface area contributed by atoms with E-state index in [1.54, 1.807) is 13.0 Å². The van der Waals surface area contributed by atoms with Crippen molar-refractivity contribution >= 4 is 6.29 Å². The van der Waals surface area contributed by atoms with Gasteiger partial charge < -0.3 is 0 Å². The summed E-state index contributed by atoms with van der Waals surface area (Å²) < 4.78 is 13.7. The Bertz CT molecular complexity index is 569. The third kappa shape index (κ3) is 5.25. The van der Waals surface area contributed by atoms with Gasteiger partial charge in [0.2, 0.25) is 0 Å². The van der Waals surface area contributed by atoms with Crippen LogP contribution in [0, 0.1) is 5.41 Å². The van der Waals surface area contributed by atoms with Gasteiger partial charge in [0.05, 0.1) is 0 Å². The van der Waals surface area contributed by atoms with Crippen molar-refractivity contribution in [2.75, 3.05) is 0 Å². The number of hydrogen-bond donors (Lipinski definition) is 0. The minimum absolute atomic E-state index is 0.212. The summed E-state index contributed by atoms with van der Waals surface area (Å²) in [7, 11) is 0. The molecule has 1 aliphatic carbocycles. The molecule has 1 aliphatic rings. The predicted molar refractivity (Wildman–Crippen MR) is 92.2 cm³/mol. The highest BCUT2D eigenvalue weighted by molar-refractivity contribution is 5.67. The Morgan fingerprint density at radius 2 is 1.86 bits per heavy atom. The fraction of sp³-hybridized carbons (Fsp3) is 0.450. The van der Waals surface area contributed by atoms with Crippen molar-refractivity contribution in [2.45, 2.75) is 53.9 Å². The molecule has 0 bridgehead atoms. The molecular formula is C20H27FO. The lowest BCUT2D eigenvalue weighted by atomic mass is 9.72. The highest BCUT2D eigenvalue weighted by Crippen LogP contribution is 2.40. The van der Waals surface area contributed by atoms with E-state index in [1.807, 2.05) is 13.0 Å². The minimum atomic E-state index is -0.381. The van der Waals surface area contributed by atoms with Crippen LogP contribution in [0.5, 0.6) is 0 Å². The lowest BCUT2D eigenvalue weighted by molar-refractivity contribution is -0.104. The average Bonchev–Trinajstić information content (AvgIpc) is 2.43. The van der Waals surface area contributed by atoms with E-state index >= 15 is 0 Å². The second kappa shape index (κ2) is 8.07. The molecule has 1 rings (SSSR count). The zero-order valence-electron chi connectivity index (χ0n) is 14.4. The first kappa shape index (κ1) is 18.3. The van der Waals surface area contributed by atoms with Crippen molar-refractivity contribution in [3.8, 4) is 0 Å². The van der Waals surface area contributed by atoms with Crippen LogP contribution < -0.4 is 0 Å². The Balaban J connectivity index is 2.90. The van der Waals surface area contributed by atoms with E-state index in [2.05, 4.69) is 26.8 Å². The standard InChI is InChI=1S/C20H27FO/c1-15(9-11-19(21)17(3)12-14-22)8-10-18-16(2)7-6-13-20(18,4)5/h8-12,14H,6-7,13H2,1-5H3/b10-8+,15-9+,17-12+,19-11-. The number of halogens is 1. The zero-order chi connectivity index (χ0) is 16.8. The van der Waals surface area contributed by atoms with Gasteiger partial charge in [-0.1, -0.05) is 43.2 Å². The molecule has 0 radical (unpaired) electrons. The zero-order valence-corrected chi connectivity index (χ0v) is 14.4. The Hall–Kier alpha value is -1.70. The number of carbonyl (C=O) groups excluding carboxylic acids is 1. The third-order valence-corrected chi connectivity index (χ3v) is 4.24. The van der Waals surface area contributed by atoms with Crippen LogP contribution in [0.25, 0.3) is 0 Å². The normalized spacial score (nSPS) is 20.7. The summed E-state index contributed by atoms with van der Waals surface area (Å²) in [5.41, 5.74) is 4.38. The lowest BCUT2D eigenvalue weighted by Crippen LogP contribution is -2.19. The molecule has 2 heteroatoms. The van der Waals surface area contributed by atoms with Crippen LogP contribution >= 0.6 is 0 Å². The van der Waals surface area contributed by atoms with E-state index in [-0.39, 0.29) is 11.2 Å². The Labute approximate surface area is 134 Å². The van der Waals surface area contributed by atoms with Crippen LogP contribution in [0.2, 0.25) is 0 Å². The molecule has 0 N–H and O–H groups in total. The Morgan fingerprint density at radius 3 is 2.45 bits per heavy atom. The highest BCUT2D eigenvalue weighted by atomic mass is 19.1. The Kier molecular flexibility index (Phi) is 6.73. The molecule has 0 saturated heterocycles. The van der Waals surface area contributed by atoms with E-state index in [1.165, 1.54) is 36.1 Å². The molecule has 0 unspecified atom stereocenters. The van der Waals surface area contributed by atoms with E-state index in [0.717, 1.165) is 12.0 Å². The van der Waals surface area contributed by atoms with E-state index in [9.17, 15) is 9.18 Å². The van der Waals surface area contributed by atoms with E-state index in [4.69, 9.17) is 0 Å². The molecule has 0 aliphatic heterocycles. The quantitative estimate of drug-likeness (QED) is 0.345. The summed E-state index contributed by atoms with van der Waals surface area (Å²) in [5, 5.41) is 0. The fourth-order valence-electron chi connectivity index (χ4n) is 2.80.